The highest BCUT2D eigenvalue weighted by Crippen LogP contribution is 2.32. The molecule has 0 aliphatic carbocycles. The van der Waals surface area contributed by atoms with Crippen LogP contribution in [-0.2, 0) is 0 Å². The quantitative estimate of drug-likeness (QED) is 0.903. The van der Waals surface area contributed by atoms with Gasteiger partial charge in [-0.2, -0.15) is 0 Å². The number of nitrogens with one attached hydrogen (secondary N) is 1. The third kappa shape index (κ3) is 2.21. The first kappa shape index (κ1) is 12.6. The molecule has 0 aromatic carbocycles. The lowest BCUT2D eigenvalue weighted by atomic mass is 9.79. The van der Waals surface area contributed by atoms with Crippen molar-refractivity contribution in [2.45, 2.75) is 31.8 Å². The summed E-state index contributed by atoms with van der Waals surface area (Å²) >= 11 is 4.72. The van der Waals surface area contributed by atoms with E-state index in [0.29, 0.717) is 17.0 Å². The van der Waals surface area contributed by atoms with E-state index in [9.17, 15) is 4.79 Å². The number of hydrogen-bond donors (Lipinski definition) is 1. The van der Waals surface area contributed by atoms with Crippen LogP contribution in [0.25, 0.3) is 0 Å². The Labute approximate surface area is 119 Å². The van der Waals surface area contributed by atoms with Crippen LogP contribution in [0.15, 0.2) is 9.98 Å². The molecule has 4 rings (SSSR count). The van der Waals surface area contributed by atoms with E-state index in [4.69, 9.17) is 0 Å². The van der Waals surface area contributed by atoms with Crippen molar-refractivity contribution in [2.24, 2.45) is 5.92 Å². The highest BCUT2D eigenvalue weighted by Gasteiger charge is 2.40. The predicted molar refractivity (Wildman–Crippen MR) is 74.8 cm³/mol. The van der Waals surface area contributed by atoms with Gasteiger partial charge in [0.25, 0.3) is 5.91 Å². The second-order valence-electron chi connectivity index (χ2n) is 5.08. The predicted octanol–water partition coefficient (Wildman–Crippen LogP) is 2.12. The van der Waals surface area contributed by atoms with Gasteiger partial charge in [-0.15, -0.1) is 11.3 Å². The highest BCUT2D eigenvalue weighted by molar-refractivity contribution is 9.11. The van der Waals surface area contributed by atoms with Crippen LogP contribution >= 0.6 is 27.3 Å². The Kier molecular flexibility index (Phi) is 3.42. The van der Waals surface area contributed by atoms with E-state index in [2.05, 4.69) is 38.1 Å². The Balaban J connectivity index is 1.71. The van der Waals surface area contributed by atoms with Crippen molar-refractivity contribution in [1.82, 2.24) is 15.2 Å². The largest absolute Gasteiger partial charge is 0.345 e. The zero-order chi connectivity index (χ0) is 12.7. The topological polar surface area (TPSA) is 45.2 Å². The van der Waals surface area contributed by atoms with E-state index >= 15 is 0 Å². The minimum atomic E-state index is -0.0312. The van der Waals surface area contributed by atoms with Crippen molar-refractivity contribution in [2.75, 3.05) is 13.1 Å². The molecule has 1 amide bonds. The van der Waals surface area contributed by atoms with E-state index < -0.39 is 0 Å². The number of fused-ring (bicyclic) bond motifs is 3. The van der Waals surface area contributed by atoms with Gasteiger partial charge in [-0.25, -0.2) is 4.98 Å². The van der Waals surface area contributed by atoms with Gasteiger partial charge >= 0.3 is 0 Å². The smallest absolute Gasteiger partial charge is 0.280 e. The monoisotopic (exact) mass is 329 g/mol. The molecule has 18 heavy (non-hydrogen) atoms. The van der Waals surface area contributed by atoms with Crippen molar-refractivity contribution in [3.05, 3.63) is 15.0 Å². The van der Waals surface area contributed by atoms with Gasteiger partial charge in [-0.3, -0.25) is 9.69 Å². The molecule has 0 radical (unpaired) electrons. The molecule has 3 saturated heterocycles. The van der Waals surface area contributed by atoms with Gasteiger partial charge in [0.2, 0.25) is 0 Å². The summed E-state index contributed by atoms with van der Waals surface area (Å²) in [7, 11) is 0. The van der Waals surface area contributed by atoms with Crippen LogP contribution in [0.1, 0.15) is 29.6 Å². The Morgan fingerprint density at radius 2 is 2.28 bits per heavy atom. The molecular weight excluding hydrogens is 314 g/mol. The fourth-order valence-corrected chi connectivity index (χ4v) is 4.23. The fourth-order valence-electron chi connectivity index (χ4n) is 3.12. The average Bonchev–Trinajstić information content (AvgIpc) is 2.81. The van der Waals surface area contributed by atoms with Crippen LogP contribution < -0.4 is 5.32 Å². The lowest BCUT2D eigenvalue weighted by Crippen LogP contribution is -2.62. The molecule has 6 heteroatoms. The standard InChI is InChI=1S/C12H16BrN3OS/c1-7-10(8-2-4-16(7)5-3-8)15-11(17)12-14-6-9(13)18-12/h6-8,10H,2-5H2,1H3,(H,15,17). The van der Waals surface area contributed by atoms with E-state index in [1.807, 2.05) is 0 Å². The van der Waals surface area contributed by atoms with Crippen molar-refractivity contribution in [3.63, 3.8) is 0 Å². The van der Waals surface area contributed by atoms with Crippen LogP contribution in [0.2, 0.25) is 0 Å². The molecule has 3 fully saturated rings. The minimum Gasteiger partial charge on any atom is -0.345 e. The molecule has 2 bridgehead atoms. The highest BCUT2D eigenvalue weighted by atomic mass is 79.9. The fraction of sp³-hybridized carbons (Fsp3) is 0.667. The van der Waals surface area contributed by atoms with Crippen molar-refractivity contribution in [1.29, 1.82) is 0 Å². The molecular formula is C12H16BrN3OS. The summed E-state index contributed by atoms with van der Waals surface area (Å²) in [5.41, 5.74) is 0. The molecule has 1 aromatic rings. The van der Waals surface area contributed by atoms with E-state index in [1.165, 1.54) is 37.3 Å². The summed E-state index contributed by atoms with van der Waals surface area (Å²) < 4.78 is 0.898. The Hall–Kier alpha value is -0.460. The van der Waals surface area contributed by atoms with Gasteiger partial charge in [0, 0.05) is 12.1 Å². The summed E-state index contributed by atoms with van der Waals surface area (Å²) in [6, 6.07) is 0.729. The molecule has 3 aliphatic rings. The maximum Gasteiger partial charge on any atom is 0.280 e. The van der Waals surface area contributed by atoms with Gasteiger partial charge in [0.05, 0.1) is 9.98 Å². The second-order valence-corrected chi connectivity index (χ2v) is 7.49. The van der Waals surface area contributed by atoms with Crippen LogP contribution in [0.3, 0.4) is 0 Å². The number of halogens is 1. The molecule has 4 heterocycles. The zero-order valence-electron chi connectivity index (χ0n) is 10.2. The molecule has 0 spiro atoms. The Bertz CT molecular complexity index is 454. The molecule has 3 aliphatic heterocycles. The maximum absolute atomic E-state index is 12.1. The number of carbonyl (C=O) groups excluding carboxylic acids is 1. The summed E-state index contributed by atoms with van der Waals surface area (Å²) in [6.07, 6.45) is 4.09. The summed E-state index contributed by atoms with van der Waals surface area (Å²) in [5.74, 6) is 0.605. The first-order chi connectivity index (χ1) is 8.65. The lowest BCUT2D eigenvalue weighted by Gasteiger charge is -2.49. The number of piperidine rings is 3. The number of carbonyl (C=O) groups is 1. The summed E-state index contributed by atoms with van der Waals surface area (Å²) in [5, 5.41) is 3.72. The number of rotatable bonds is 2. The summed E-state index contributed by atoms with van der Waals surface area (Å²) in [6.45, 7) is 4.58. The molecule has 1 aromatic heterocycles. The molecule has 98 valence electrons. The average molecular weight is 330 g/mol. The number of hydrogen-bond acceptors (Lipinski definition) is 4. The Morgan fingerprint density at radius 1 is 1.56 bits per heavy atom. The molecule has 2 atom stereocenters. The van der Waals surface area contributed by atoms with Crippen LogP contribution in [0.4, 0.5) is 0 Å². The normalized spacial score (nSPS) is 34.6. The maximum atomic E-state index is 12.1. The van der Waals surface area contributed by atoms with Crippen LogP contribution in [0, 0.1) is 5.92 Å². The first-order valence-corrected chi connectivity index (χ1v) is 7.92. The van der Waals surface area contributed by atoms with Gasteiger partial charge in [0.1, 0.15) is 0 Å². The molecule has 4 nitrogen and oxygen atoms in total. The number of amides is 1. The van der Waals surface area contributed by atoms with E-state index in [-0.39, 0.29) is 11.9 Å². The van der Waals surface area contributed by atoms with Gasteiger partial charge in [0.15, 0.2) is 5.01 Å². The number of thiazole rings is 1. The van der Waals surface area contributed by atoms with Crippen LogP contribution in [0.5, 0.6) is 0 Å². The van der Waals surface area contributed by atoms with E-state index in [0.717, 1.165) is 3.79 Å². The first-order valence-electron chi connectivity index (χ1n) is 6.31. The van der Waals surface area contributed by atoms with Crippen molar-refractivity contribution < 1.29 is 4.79 Å². The molecule has 2 unspecified atom stereocenters. The third-order valence-corrected chi connectivity index (χ3v) is 5.62. The van der Waals surface area contributed by atoms with Gasteiger partial charge in [-0.05, 0) is 54.7 Å². The second kappa shape index (κ2) is 4.90. The van der Waals surface area contributed by atoms with Gasteiger partial charge in [-0.1, -0.05) is 0 Å². The minimum absolute atomic E-state index is 0.0312. The van der Waals surface area contributed by atoms with E-state index in [1.54, 1.807) is 6.20 Å². The van der Waals surface area contributed by atoms with Gasteiger partial charge < -0.3 is 5.32 Å². The Morgan fingerprint density at radius 3 is 2.83 bits per heavy atom. The third-order valence-electron chi connectivity index (χ3n) is 4.15. The molecule has 1 N–H and O–H groups in total. The van der Waals surface area contributed by atoms with Crippen LogP contribution in [-0.4, -0.2) is 41.0 Å². The lowest BCUT2D eigenvalue weighted by molar-refractivity contribution is 0.0217. The summed E-state index contributed by atoms with van der Waals surface area (Å²) in [4.78, 5) is 18.7. The van der Waals surface area contributed by atoms with Crippen molar-refractivity contribution in [3.8, 4) is 0 Å². The number of aromatic nitrogens is 1. The molecule has 0 saturated carbocycles. The SMILES string of the molecule is CC1C(NC(=O)c2ncc(Br)s2)C2CCN1CC2. The zero-order valence-corrected chi connectivity index (χ0v) is 12.6. The number of nitrogens with zero attached hydrogens (tertiary/aromatic N) is 2. The van der Waals surface area contributed by atoms with Crippen molar-refractivity contribution >= 4 is 33.2 Å².